The first-order valence-electron chi connectivity index (χ1n) is 5.69. The van der Waals surface area contributed by atoms with E-state index in [2.05, 4.69) is 31.7 Å². The van der Waals surface area contributed by atoms with E-state index in [0.29, 0.717) is 0 Å². The minimum absolute atomic E-state index is 0.783. The fourth-order valence-electron chi connectivity index (χ4n) is 2.31. The molecule has 2 rings (SSSR count). The predicted octanol–water partition coefficient (Wildman–Crippen LogP) is 2.67. The number of nitrogens with zero attached hydrogens (tertiary/aromatic N) is 1. The Morgan fingerprint density at radius 3 is 2.40 bits per heavy atom. The molecule has 82 valence electrons. The van der Waals surface area contributed by atoms with Crippen molar-refractivity contribution in [2.24, 2.45) is 11.8 Å². The van der Waals surface area contributed by atoms with Crippen molar-refractivity contribution in [3.8, 4) is 0 Å². The van der Waals surface area contributed by atoms with Crippen molar-refractivity contribution in [1.82, 2.24) is 0 Å². The monoisotopic (exact) mass is 204 g/mol. The van der Waals surface area contributed by atoms with Crippen molar-refractivity contribution >= 4 is 11.4 Å². The Labute approximate surface area is 92.1 Å². The van der Waals surface area contributed by atoms with Crippen molar-refractivity contribution < 1.29 is 0 Å². The Morgan fingerprint density at radius 1 is 1.20 bits per heavy atom. The third kappa shape index (κ3) is 1.81. The van der Waals surface area contributed by atoms with E-state index in [1.165, 1.54) is 11.3 Å². The van der Waals surface area contributed by atoms with Crippen molar-refractivity contribution in [2.45, 2.75) is 20.8 Å². The summed E-state index contributed by atoms with van der Waals surface area (Å²) >= 11 is 0. The van der Waals surface area contributed by atoms with Crippen LogP contribution in [0.3, 0.4) is 0 Å². The maximum atomic E-state index is 5.93. The lowest BCUT2D eigenvalue weighted by Gasteiger charge is -2.21. The molecule has 0 bridgehead atoms. The van der Waals surface area contributed by atoms with Gasteiger partial charge in [0.15, 0.2) is 0 Å². The van der Waals surface area contributed by atoms with Gasteiger partial charge in [0.1, 0.15) is 0 Å². The van der Waals surface area contributed by atoms with Crippen LogP contribution in [0.1, 0.15) is 19.4 Å². The Balaban J connectivity index is 2.27. The summed E-state index contributed by atoms with van der Waals surface area (Å²) < 4.78 is 0. The van der Waals surface area contributed by atoms with Crippen LogP contribution in [0.5, 0.6) is 0 Å². The summed E-state index contributed by atoms with van der Waals surface area (Å²) in [6, 6.07) is 6.20. The number of nitrogen functional groups attached to an aromatic ring is 1. The summed E-state index contributed by atoms with van der Waals surface area (Å²) in [6.07, 6.45) is 0. The van der Waals surface area contributed by atoms with Crippen LogP contribution in [-0.2, 0) is 0 Å². The van der Waals surface area contributed by atoms with Crippen LogP contribution in [0.25, 0.3) is 0 Å². The van der Waals surface area contributed by atoms with Crippen LogP contribution in [0.4, 0.5) is 11.4 Å². The molecule has 2 atom stereocenters. The van der Waals surface area contributed by atoms with E-state index in [4.69, 9.17) is 5.73 Å². The van der Waals surface area contributed by atoms with E-state index < -0.39 is 0 Å². The fourth-order valence-corrected chi connectivity index (χ4v) is 2.31. The zero-order valence-corrected chi connectivity index (χ0v) is 9.83. The van der Waals surface area contributed by atoms with Gasteiger partial charge >= 0.3 is 0 Å². The van der Waals surface area contributed by atoms with Gasteiger partial charge in [0.2, 0.25) is 0 Å². The number of rotatable bonds is 1. The first-order chi connectivity index (χ1) is 7.09. The topological polar surface area (TPSA) is 29.3 Å². The van der Waals surface area contributed by atoms with Crippen molar-refractivity contribution in [3.63, 3.8) is 0 Å². The SMILES string of the molecule is Cc1c(N)cccc1N1CC(C)C(C)C1. The first-order valence-corrected chi connectivity index (χ1v) is 5.69. The summed E-state index contributed by atoms with van der Waals surface area (Å²) in [5.74, 6) is 1.57. The predicted molar refractivity (Wildman–Crippen MR) is 66.1 cm³/mol. The standard InChI is InChI=1S/C13H20N2/c1-9-7-15(8-10(9)2)13-6-4-5-12(14)11(13)3/h4-6,9-10H,7-8,14H2,1-3H3. The molecule has 2 unspecified atom stereocenters. The molecule has 1 aliphatic rings. The van der Waals surface area contributed by atoms with E-state index in [0.717, 1.165) is 30.6 Å². The molecular weight excluding hydrogens is 184 g/mol. The molecule has 1 heterocycles. The number of anilines is 2. The number of hydrogen-bond acceptors (Lipinski definition) is 2. The molecule has 0 radical (unpaired) electrons. The third-order valence-corrected chi connectivity index (χ3v) is 3.68. The molecule has 0 aliphatic carbocycles. The van der Waals surface area contributed by atoms with Gasteiger partial charge in [-0.3, -0.25) is 0 Å². The molecule has 0 saturated carbocycles. The zero-order valence-electron chi connectivity index (χ0n) is 9.83. The summed E-state index contributed by atoms with van der Waals surface area (Å²) in [5, 5.41) is 0. The Kier molecular flexibility index (Phi) is 2.59. The number of benzene rings is 1. The molecule has 1 saturated heterocycles. The lowest BCUT2D eigenvalue weighted by atomic mass is 10.0. The minimum Gasteiger partial charge on any atom is -0.398 e. The summed E-state index contributed by atoms with van der Waals surface area (Å²) in [7, 11) is 0. The van der Waals surface area contributed by atoms with Crippen LogP contribution in [0.2, 0.25) is 0 Å². The second kappa shape index (κ2) is 3.76. The maximum Gasteiger partial charge on any atom is 0.0416 e. The van der Waals surface area contributed by atoms with Gasteiger partial charge in [0.05, 0.1) is 0 Å². The molecule has 1 fully saturated rings. The highest BCUT2D eigenvalue weighted by Gasteiger charge is 2.26. The van der Waals surface area contributed by atoms with Crippen LogP contribution in [0.15, 0.2) is 18.2 Å². The fraction of sp³-hybridized carbons (Fsp3) is 0.538. The summed E-state index contributed by atoms with van der Waals surface area (Å²) in [6.45, 7) is 9.08. The highest BCUT2D eigenvalue weighted by atomic mass is 15.2. The van der Waals surface area contributed by atoms with E-state index in [1.54, 1.807) is 0 Å². The molecule has 1 aromatic rings. The second-order valence-corrected chi connectivity index (χ2v) is 4.85. The Morgan fingerprint density at radius 2 is 1.80 bits per heavy atom. The van der Waals surface area contributed by atoms with Gasteiger partial charge in [-0.2, -0.15) is 0 Å². The Hall–Kier alpha value is -1.18. The second-order valence-electron chi connectivity index (χ2n) is 4.85. The highest BCUT2D eigenvalue weighted by molar-refractivity contribution is 5.64. The zero-order chi connectivity index (χ0) is 11.0. The lowest BCUT2D eigenvalue weighted by molar-refractivity contribution is 0.494. The van der Waals surface area contributed by atoms with Gasteiger partial charge in [-0.25, -0.2) is 0 Å². The van der Waals surface area contributed by atoms with Crippen molar-refractivity contribution in [1.29, 1.82) is 0 Å². The maximum absolute atomic E-state index is 5.93. The normalized spacial score (nSPS) is 25.9. The lowest BCUT2D eigenvalue weighted by Crippen LogP contribution is -2.20. The molecule has 0 spiro atoms. The average molecular weight is 204 g/mol. The smallest absolute Gasteiger partial charge is 0.0416 e. The number of nitrogens with two attached hydrogens (primary N) is 1. The van der Waals surface area contributed by atoms with Gasteiger partial charge in [-0.05, 0) is 36.5 Å². The largest absolute Gasteiger partial charge is 0.398 e. The van der Waals surface area contributed by atoms with Crippen LogP contribution >= 0.6 is 0 Å². The average Bonchev–Trinajstić information content (AvgIpc) is 2.51. The van der Waals surface area contributed by atoms with E-state index >= 15 is 0 Å². The third-order valence-electron chi connectivity index (χ3n) is 3.68. The molecule has 2 N–H and O–H groups in total. The number of hydrogen-bond donors (Lipinski definition) is 1. The van der Waals surface area contributed by atoms with Gasteiger partial charge in [0.25, 0.3) is 0 Å². The molecule has 0 aromatic heterocycles. The highest BCUT2D eigenvalue weighted by Crippen LogP contribution is 2.31. The van der Waals surface area contributed by atoms with Gasteiger partial charge in [-0.1, -0.05) is 19.9 Å². The molecule has 15 heavy (non-hydrogen) atoms. The quantitative estimate of drug-likeness (QED) is 0.713. The van der Waals surface area contributed by atoms with E-state index in [-0.39, 0.29) is 0 Å². The Bertz CT molecular complexity index is 350. The molecule has 2 nitrogen and oxygen atoms in total. The molecular formula is C13H20N2. The van der Waals surface area contributed by atoms with E-state index in [9.17, 15) is 0 Å². The van der Waals surface area contributed by atoms with Crippen molar-refractivity contribution in [3.05, 3.63) is 23.8 Å². The van der Waals surface area contributed by atoms with Crippen molar-refractivity contribution in [2.75, 3.05) is 23.7 Å². The van der Waals surface area contributed by atoms with Gasteiger partial charge in [-0.15, -0.1) is 0 Å². The summed E-state index contributed by atoms with van der Waals surface area (Å²) in [4.78, 5) is 2.46. The van der Waals surface area contributed by atoms with Gasteiger partial charge < -0.3 is 10.6 Å². The van der Waals surface area contributed by atoms with Crippen LogP contribution in [-0.4, -0.2) is 13.1 Å². The molecule has 0 amide bonds. The summed E-state index contributed by atoms with van der Waals surface area (Å²) in [5.41, 5.74) is 9.37. The molecule has 1 aromatic carbocycles. The minimum atomic E-state index is 0.783. The molecule has 1 aliphatic heterocycles. The molecule has 2 heteroatoms. The van der Waals surface area contributed by atoms with Crippen LogP contribution < -0.4 is 10.6 Å². The van der Waals surface area contributed by atoms with E-state index in [1.807, 2.05) is 12.1 Å². The van der Waals surface area contributed by atoms with Gasteiger partial charge in [0, 0.05) is 24.5 Å². The first kappa shape index (κ1) is 10.3. The van der Waals surface area contributed by atoms with Crippen LogP contribution in [0, 0.1) is 18.8 Å².